The Morgan fingerprint density at radius 1 is 1.08 bits per heavy atom. The van der Waals surface area contributed by atoms with Crippen LogP contribution in [0.4, 0.5) is 29.0 Å². The van der Waals surface area contributed by atoms with Crippen LogP contribution in [0.15, 0.2) is 30.3 Å². The van der Waals surface area contributed by atoms with Gasteiger partial charge in [0, 0.05) is 18.8 Å². The van der Waals surface area contributed by atoms with E-state index in [0.29, 0.717) is 5.82 Å². The molecule has 1 aromatic carbocycles. The first-order chi connectivity index (χ1) is 11.6. The Bertz CT molecular complexity index is 714. The number of nitrogens with one attached hydrogen (secondary N) is 1. The molecule has 3 N–H and O–H groups in total. The van der Waals surface area contributed by atoms with Crippen molar-refractivity contribution in [3.63, 3.8) is 0 Å². The maximum absolute atomic E-state index is 11.4. The molecule has 1 aliphatic rings. The zero-order valence-corrected chi connectivity index (χ0v) is 13.3. The molecule has 24 heavy (non-hydrogen) atoms. The molecule has 1 aromatic heterocycles. The van der Waals surface area contributed by atoms with Crippen molar-refractivity contribution in [2.45, 2.75) is 25.7 Å². The van der Waals surface area contributed by atoms with E-state index in [9.17, 15) is 10.1 Å². The first-order valence-electron chi connectivity index (χ1n) is 8.04. The van der Waals surface area contributed by atoms with Gasteiger partial charge in [-0.15, -0.1) is 0 Å². The van der Waals surface area contributed by atoms with Gasteiger partial charge in [-0.2, -0.15) is 9.97 Å². The summed E-state index contributed by atoms with van der Waals surface area (Å²) in [4.78, 5) is 21.3. The highest BCUT2D eigenvalue weighted by atomic mass is 16.6. The topological polar surface area (TPSA) is 110 Å². The highest BCUT2D eigenvalue weighted by molar-refractivity contribution is 5.72. The fourth-order valence-electron chi connectivity index (χ4n) is 2.84. The standard InChI is InChI=1S/C16H20N6O2/c17-14-13(22(23)24)15(21-10-6-1-2-7-11-21)20-16(19-14)18-12-8-4-3-5-9-12/h3-5,8-9H,1-2,6-7,10-11H2,(H3,17,18,19,20). The Hall–Kier alpha value is -2.90. The molecule has 0 bridgehead atoms. The van der Waals surface area contributed by atoms with E-state index in [-0.39, 0.29) is 17.5 Å². The second-order valence-electron chi connectivity index (χ2n) is 5.75. The molecule has 0 saturated carbocycles. The molecule has 0 unspecified atom stereocenters. The SMILES string of the molecule is Nc1nc(Nc2ccccc2)nc(N2CCCCCC2)c1[N+](=O)[O-]. The van der Waals surface area contributed by atoms with Crippen molar-refractivity contribution in [3.8, 4) is 0 Å². The summed E-state index contributed by atoms with van der Waals surface area (Å²) in [6, 6.07) is 9.40. The van der Waals surface area contributed by atoms with Crippen molar-refractivity contribution in [2.75, 3.05) is 29.0 Å². The lowest BCUT2D eigenvalue weighted by Gasteiger charge is -2.22. The molecular weight excluding hydrogens is 308 g/mol. The zero-order chi connectivity index (χ0) is 16.9. The normalized spacial score (nSPS) is 14.9. The molecule has 1 saturated heterocycles. The summed E-state index contributed by atoms with van der Waals surface area (Å²) in [5.74, 6) is 0.448. The average molecular weight is 328 g/mol. The van der Waals surface area contributed by atoms with Crippen molar-refractivity contribution in [1.82, 2.24) is 9.97 Å². The first-order valence-corrected chi connectivity index (χ1v) is 8.04. The zero-order valence-electron chi connectivity index (χ0n) is 13.3. The molecule has 2 aromatic rings. The van der Waals surface area contributed by atoms with E-state index in [1.54, 1.807) is 0 Å². The lowest BCUT2D eigenvalue weighted by Crippen LogP contribution is -2.26. The third kappa shape index (κ3) is 3.53. The summed E-state index contributed by atoms with van der Waals surface area (Å²) in [7, 11) is 0. The minimum absolute atomic E-state index is 0.118. The van der Waals surface area contributed by atoms with Crippen molar-refractivity contribution in [2.24, 2.45) is 0 Å². The molecule has 8 heteroatoms. The molecule has 126 valence electrons. The number of benzene rings is 1. The van der Waals surface area contributed by atoms with Gasteiger partial charge in [-0.25, -0.2) is 0 Å². The van der Waals surface area contributed by atoms with Crippen LogP contribution in [0.1, 0.15) is 25.7 Å². The highest BCUT2D eigenvalue weighted by Gasteiger charge is 2.27. The molecule has 2 heterocycles. The minimum atomic E-state index is -0.498. The maximum Gasteiger partial charge on any atom is 0.353 e. The minimum Gasteiger partial charge on any atom is -0.378 e. The Morgan fingerprint density at radius 2 is 1.75 bits per heavy atom. The maximum atomic E-state index is 11.4. The van der Waals surface area contributed by atoms with Crippen LogP contribution < -0.4 is 16.0 Å². The number of nitrogens with two attached hydrogens (primary N) is 1. The molecule has 1 aliphatic heterocycles. The number of anilines is 4. The van der Waals surface area contributed by atoms with E-state index >= 15 is 0 Å². The lowest BCUT2D eigenvalue weighted by molar-refractivity contribution is -0.383. The van der Waals surface area contributed by atoms with Crippen LogP contribution in [-0.4, -0.2) is 28.0 Å². The Labute approximate surface area is 139 Å². The van der Waals surface area contributed by atoms with Crippen LogP contribution in [0.5, 0.6) is 0 Å². The third-order valence-corrected chi connectivity index (χ3v) is 4.01. The Balaban J connectivity index is 1.98. The van der Waals surface area contributed by atoms with Crippen molar-refractivity contribution < 1.29 is 4.92 Å². The lowest BCUT2D eigenvalue weighted by atomic mass is 10.2. The molecule has 0 aliphatic carbocycles. The highest BCUT2D eigenvalue weighted by Crippen LogP contribution is 2.33. The van der Waals surface area contributed by atoms with E-state index in [4.69, 9.17) is 5.73 Å². The smallest absolute Gasteiger partial charge is 0.353 e. The molecule has 1 fully saturated rings. The predicted molar refractivity (Wildman–Crippen MR) is 93.5 cm³/mol. The predicted octanol–water partition coefficient (Wildman–Crippen LogP) is 3.09. The second-order valence-corrected chi connectivity index (χ2v) is 5.75. The number of nitrogen functional groups attached to an aromatic ring is 1. The van der Waals surface area contributed by atoms with Gasteiger partial charge in [0.15, 0.2) is 0 Å². The van der Waals surface area contributed by atoms with Crippen LogP contribution in [0.25, 0.3) is 0 Å². The van der Waals surface area contributed by atoms with E-state index in [1.807, 2.05) is 35.2 Å². The second kappa shape index (κ2) is 7.12. The summed E-state index contributed by atoms with van der Waals surface area (Å²) in [6.07, 6.45) is 4.23. The van der Waals surface area contributed by atoms with Crippen molar-refractivity contribution in [1.29, 1.82) is 0 Å². The average Bonchev–Trinajstić information content (AvgIpc) is 2.84. The van der Waals surface area contributed by atoms with Gasteiger partial charge < -0.3 is 16.0 Å². The van der Waals surface area contributed by atoms with Crippen LogP contribution in [-0.2, 0) is 0 Å². The number of hydrogen-bond acceptors (Lipinski definition) is 7. The summed E-state index contributed by atoms with van der Waals surface area (Å²) >= 11 is 0. The van der Waals surface area contributed by atoms with Crippen LogP contribution in [0.3, 0.4) is 0 Å². The fourth-order valence-corrected chi connectivity index (χ4v) is 2.84. The van der Waals surface area contributed by atoms with Gasteiger partial charge in [-0.05, 0) is 25.0 Å². The van der Waals surface area contributed by atoms with Gasteiger partial charge in [0.25, 0.3) is 0 Å². The van der Waals surface area contributed by atoms with Crippen molar-refractivity contribution >= 4 is 29.0 Å². The molecule has 0 spiro atoms. The van der Waals surface area contributed by atoms with Gasteiger partial charge in [0.1, 0.15) is 0 Å². The summed E-state index contributed by atoms with van der Waals surface area (Å²) in [6.45, 7) is 1.48. The summed E-state index contributed by atoms with van der Waals surface area (Å²) in [5.41, 5.74) is 6.45. The van der Waals surface area contributed by atoms with Gasteiger partial charge in [-0.1, -0.05) is 31.0 Å². The molecule has 8 nitrogen and oxygen atoms in total. The monoisotopic (exact) mass is 328 g/mol. The van der Waals surface area contributed by atoms with E-state index in [0.717, 1.165) is 44.5 Å². The van der Waals surface area contributed by atoms with Gasteiger partial charge in [-0.3, -0.25) is 10.1 Å². The summed E-state index contributed by atoms with van der Waals surface area (Å²) in [5, 5.41) is 14.5. The largest absolute Gasteiger partial charge is 0.378 e. The summed E-state index contributed by atoms with van der Waals surface area (Å²) < 4.78 is 0. The number of rotatable bonds is 4. The van der Waals surface area contributed by atoms with Gasteiger partial charge in [0.2, 0.25) is 17.6 Å². The quantitative estimate of drug-likeness (QED) is 0.655. The van der Waals surface area contributed by atoms with Crippen LogP contribution in [0, 0.1) is 10.1 Å². The van der Waals surface area contributed by atoms with E-state index < -0.39 is 4.92 Å². The Morgan fingerprint density at radius 3 is 2.38 bits per heavy atom. The van der Waals surface area contributed by atoms with Gasteiger partial charge >= 0.3 is 5.69 Å². The molecule has 3 rings (SSSR count). The Kier molecular flexibility index (Phi) is 4.74. The molecular formula is C16H20N6O2. The van der Waals surface area contributed by atoms with Gasteiger partial charge in [0.05, 0.1) is 4.92 Å². The van der Waals surface area contributed by atoms with E-state index in [1.165, 1.54) is 0 Å². The third-order valence-electron chi connectivity index (χ3n) is 4.01. The first kappa shape index (κ1) is 16.0. The van der Waals surface area contributed by atoms with Crippen LogP contribution in [0.2, 0.25) is 0 Å². The molecule has 0 amide bonds. The fraction of sp³-hybridized carbons (Fsp3) is 0.375. The number of nitro groups is 1. The number of nitrogens with zero attached hydrogens (tertiary/aromatic N) is 4. The number of aromatic nitrogens is 2. The van der Waals surface area contributed by atoms with E-state index in [2.05, 4.69) is 15.3 Å². The molecule has 0 radical (unpaired) electrons. The number of hydrogen-bond donors (Lipinski definition) is 2. The number of para-hydroxylation sites is 1. The molecule has 0 atom stereocenters. The van der Waals surface area contributed by atoms with Crippen LogP contribution >= 0.6 is 0 Å². The van der Waals surface area contributed by atoms with Crippen molar-refractivity contribution in [3.05, 3.63) is 40.4 Å².